The first-order valence-electron chi connectivity index (χ1n) is 8.30. The quantitative estimate of drug-likeness (QED) is 0.643. The van der Waals surface area contributed by atoms with E-state index in [9.17, 15) is 0 Å². The molecule has 126 valence electrons. The molecule has 3 heteroatoms. The van der Waals surface area contributed by atoms with E-state index in [1.165, 1.54) is 16.7 Å². The van der Waals surface area contributed by atoms with E-state index in [4.69, 9.17) is 9.73 Å². The number of hydrogen-bond donors (Lipinski definition) is 0. The number of nitrogens with zero attached hydrogens (tertiary/aromatic N) is 1. The maximum atomic E-state index is 5.86. The van der Waals surface area contributed by atoms with E-state index < -0.39 is 0 Å². The summed E-state index contributed by atoms with van der Waals surface area (Å²) in [6.45, 7) is 1.45. The van der Waals surface area contributed by atoms with Crippen molar-refractivity contribution in [3.8, 4) is 5.75 Å². The Bertz CT molecular complexity index is 857. The van der Waals surface area contributed by atoms with Crippen molar-refractivity contribution in [2.45, 2.75) is 13.0 Å². The first-order valence-corrected chi connectivity index (χ1v) is 8.30. The topological polar surface area (TPSA) is 21.6 Å². The lowest BCUT2D eigenvalue weighted by Gasteiger charge is -2.17. The molecule has 0 aromatic heterocycles. The molecule has 1 aliphatic heterocycles. The van der Waals surface area contributed by atoms with Crippen molar-refractivity contribution in [1.82, 2.24) is 0 Å². The van der Waals surface area contributed by atoms with Crippen LogP contribution in [-0.4, -0.2) is 12.3 Å². The van der Waals surface area contributed by atoms with Crippen molar-refractivity contribution in [2.24, 2.45) is 4.99 Å². The predicted molar refractivity (Wildman–Crippen MR) is 105 cm³/mol. The van der Waals surface area contributed by atoms with Gasteiger partial charge in [0.2, 0.25) is 0 Å². The van der Waals surface area contributed by atoms with Crippen molar-refractivity contribution in [3.63, 3.8) is 0 Å². The zero-order valence-electron chi connectivity index (χ0n) is 13.9. The number of ether oxygens (including phenoxy) is 1. The highest BCUT2D eigenvalue weighted by atomic mass is 35.5. The summed E-state index contributed by atoms with van der Waals surface area (Å²) in [5.41, 5.74) is 6.04. The molecule has 0 fully saturated rings. The Balaban J connectivity index is 0.00000182. The van der Waals surface area contributed by atoms with Gasteiger partial charge in [-0.1, -0.05) is 54.6 Å². The van der Waals surface area contributed by atoms with Crippen LogP contribution in [0.5, 0.6) is 5.75 Å². The van der Waals surface area contributed by atoms with Gasteiger partial charge in [-0.3, -0.25) is 4.99 Å². The number of benzene rings is 3. The summed E-state index contributed by atoms with van der Waals surface area (Å²) >= 11 is 0. The first kappa shape index (κ1) is 17.2. The molecule has 0 atom stereocenters. The van der Waals surface area contributed by atoms with Crippen LogP contribution >= 0.6 is 12.4 Å². The molecule has 1 aliphatic rings. The van der Waals surface area contributed by atoms with Crippen molar-refractivity contribution in [2.75, 3.05) is 6.54 Å². The first-order chi connectivity index (χ1) is 11.9. The Kier molecular flexibility index (Phi) is 5.52. The van der Waals surface area contributed by atoms with E-state index in [1.54, 1.807) is 0 Å². The largest absolute Gasteiger partial charge is 0.489 e. The predicted octanol–water partition coefficient (Wildman–Crippen LogP) is 5.08. The molecule has 0 amide bonds. The second-order valence-corrected chi connectivity index (χ2v) is 5.94. The number of fused-ring (bicyclic) bond motifs is 1. The lowest BCUT2D eigenvalue weighted by Crippen LogP contribution is -2.13. The van der Waals surface area contributed by atoms with Crippen LogP contribution in [0.15, 0.2) is 83.9 Å². The summed E-state index contributed by atoms with van der Waals surface area (Å²) in [7, 11) is 0. The number of hydrogen-bond acceptors (Lipinski definition) is 2. The third kappa shape index (κ3) is 3.92. The zero-order valence-corrected chi connectivity index (χ0v) is 14.7. The molecule has 3 aromatic rings. The van der Waals surface area contributed by atoms with Crippen LogP contribution in [0.4, 0.5) is 0 Å². The summed E-state index contributed by atoms with van der Waals surface area (Å²) < 4.78 is 5.86. The Hall–Kier alpha value is -2.58. The molecule has 0 unspecified atom stereocenters. The summed E-state index contributed by atoms with van der Waals surface area (Å²) in [6, 6.07) is 27.0. The third-order valence-corrected chi connectivity index (χ3v) is 4.30. The van der Waals surface area contributed by atoms with Gasteiger partial charge in [0.25, 0.3) is 0 Å². The molecule has 1 heterocycles. The highest BCUT2D eigenvalue weighted by Crippen LogP contribution is 2.22. The summed E-state index contributed by atoms with van der Waals surface area (Å²) in [6.07, 6.45) is 1.03. The average molecular weight is 350 g/mol. The molecule has 0 radical (unpaired) electrons. The normalized spacial score (nSPS) is 12.6. The van der Waals surface area contributed by atoms with Crippen LogP contribution < -0.4 is 4.74 Å². The highest BCUT2D eigenvalue weighted by molar-refractivity contribution is 6.14. The van der Waals surface area contributed by atoms with Gasteiger partial charge in [0.1, 0.15) is 12.4 Å². The summed E-state index contributed by atoms with van der Waals surface area (Å²) in [4.78, 5) is 4.74. The smallest absolute Gasteiger partial charge is 0.119 e. The molecular weight excluding hydrogens is 330 g/mol. The Morgan fingerprint density at radius 1 is 0.800 bits per heavy atom. The SMILES string of the molecule is Cl.c1ccc(COc2ccc(C3=NCCc4ccccc43)cc2)cc1. The third-order valence-electron chi connectivity index (χ3n) is 4.30. The van der Waals surface area contributed by atoms with Crippen LogP contribution in [0.25, 0.3) is 0 Å². The molecule has 0 bridgehead atoms. The lowest BCUT2D eigenvalue weighted by atomic mass is 9.93. The zero-order chi connectivity index (χ0) is 16.2. The second-order valence-electron chi connectivity index (χ2n) is 5.94. The van der Waals surface area contributed by atoms with Gasteiger partial charge >= 0.3 is 0 Å². The maximum absolute atomic E-state index is 5.86. The fraction of sp³-hybridized carbons (Fsp3) is 0.136. The molecule has 4 rings (SSSR count). The Labute approximate surface area is 154 Å². The lowest BCUT2D eigenvalue weighted by molar-refractivity contribution is 0.306. The summed E-state index contributed by atoms with van der Waals surface area (Å²) in [5.74, 6) is 0.882. The average Bonchev–Trinajstić information content (AvgIpc) is 2.67. The van der Waals surface area contributed by atoms with Gasteiger partial charge in [0.15, 0.2) is 0 Å². The van der Waals surface area contributed by atoms with Gasteiger partial charge in [-0.05, 0) is 41.8 Å². The monoisotopic (exact) mass is 349 g/mol. The second kappa shape index (κ2) is 8.00. The van der Waals surface area contributed by atoms with Crippen LogP contribution in [0.3, 0.4) is 0 Å². The van der Waals surface area contributed by atoms with E-state index in [-0.39, 0.29) is 12.4 Å². The number of rotatable bonds is 4. The Morgan fingerprint density at radius 2 is 1.52 bits per heavy atom. The van der Waals surface area contributed by atoms with E-state index in [0.717, 1.165) is 30.0 Å². The minimum atomic E-state index is 0. The van der Waals surface area contributed by atoms with Gasteiger partial charge in [-0.15, -0.1) is 12.4 Å². The van der Waals surface area contributed by atoms with Gasteiger partial charge in [0.05, 0.1) is 5.71 Å². The number of halogens is 1. The Morgan fingerprint density at radius 3 is 2.32 bits per heavy atom. The molecule has 3 aromatic carbocycles. The molecule has 0 saturated heterocycles. The van der Waals surface area contributed by atoms with E-state index in [2.05, 4.69) is 48.5 Å². The summed E-state index contributed by atoms with van der Waals surface area (Å²) in [5, 5.41) is 0. The van der Waals surface area contributed by atoms with Crippen molar-refractivity contribution < 1.29 is 4.74 Å². The van der Waals surface area contributed by atoms with Crippen molar-refractivity contribution in [3.05, 3.63) is 101 Å². The molecule has 2 nitrogen and oxygen atoms in total. The van der Waals surface area contributed by atoms with E-state index in [0.29, 0.717) is 6.61 Å². The van der Waals surface area contributed by atoms with Gasteiger partial charge in [-0.25, -0.2) is 0 Å². The minimum absolute atomic E-state index is 0. The van der Waals surface area contributed by atoms with Crippen LogP contribution in [0, 0.1) is 0 Å². The van der Waals surface area contributed by atoms with Crippen LogP contribution in [-0.2, 0) is 13.0 Å². The van der Waals surface area contributed by atoms with E-state index in [1.807, 2.05) is 30.3 Å². The van der Waals surface area contributed by atoms with Gasteiger partial charge in [0, 0.05) is 17.7 Å². The standard InChI is InChI=1S/C22H19NO.ClH/c1-2-6-17(7-3-1)16-24-20-12-10-19(11-13-20)22-21-9-5-4-8-18(21)14-15-23-22;/h1-13H,14-16H2;1H. The number of aliphatic imine (C=N–C) groups is 1. The maximum Gasteiger partial charge on any atom is 0.119 e. The fourth-order valence-electron chi connectivity index (χ4n) is 3.04. The highest BCUT2D eigenvalue weighted by Gasteiger charge is 2.14. The van der Waals surface area contributed by atoms with Crippen LogP contribution in [0.1, 0.15) is 22.3 Å². The molecule has 25 heavy (non-hydrogen) atoms. The molecule has 0 saturated carbocycles. The fourth-order valence-corrected chi connectivity index (χ4v) is 3.04. The van der Waals surface area contributed by atoms with Crippen molar-refractivity contribution in [1.29, 1.82) is 0 Å². The van der Waals surface area contributed by atoms with Gasteiger partial charge < -0.3 is 4.74 Å². The van der Waals surface area contributed by atoms with Gasteiger partial charge in [-0.2, -0.15) is 0 Å². The minimum Gasteiger partial charge on any atom is -0.489 e. The molecule has 0 spiro atoms. The van der Waals surface area contributed by atoms with Crippen molar-refractivity contribution >= 4 is 18.1 Å². The molecule has 0 aliphatic carbocycles. The van der Waals surface area contributed by atoms with E-state index >= 15 is 0 Å². The van der Waals surface area contributed by atoms with Crippen LogP contribution in [0.2, 0.25) is 0 Å². The molecule has 0 N–H and O–H groups in total. The molecular formula is C22H20ClNO.